The molecule has 0 N–H and O–H groups in total. The summed E-state index contributed by atoms with van der Waals surface area (Å²) in [7, 11) is 0. The Morgan fingerprint density at radius 2 is 2.33 bits per heavy atom. The Labute approximate surface area is 110 Å². The quantitative estimate of drug-likeness (QED) is 0.777. The fourth-order valence-electron chi connectivity index (χ4n) is 1.87. The van der Waals surface area contributed by atoms with Crippen molar-refractivity contribution in [2.75, 3.05) is 0 Å². The average molecular weight is 261 g/mol. The summed E-state index contributed by atoms with van der Waals surface area (Å²) in [6.07, 6.45) is 6.01. The van der Waals surface area contributed by atoms with Gasteiger partial charge in [0.15, 0.2) is 0 Å². The number of rotatable bonds is 5. The van der Waals surface area contributed by atoms with Crippen molar-refractivity contribution in [3.8, 4) is 6.07 Å². The molecule has 18 heavy (non-hydrogen) atoms. The van der Waals surface area contributed by atoms with Crippen molar-refractivity contribution < 1.29 is 0 Å². The highest BCUT2D eigenvalue weighted by Gasteiger charge is 2.08. The van der Waals surface area contributed by atoms with Crippen LogP contribution in [0.4, 0.5) is 0 Å². The molecule has 0 fully saturated rings. The van der Waals surface area contributed by atoms with Gasteiger partial charge in [-0.2, -0.15) is 5.26 Å². The minimum Gasteiger partial charge on any atom is -0.285 e. The highest BCUT2D eigenvalue weighted by atomic mass is 32.1. The first-order valence-electron chi connectivity index (χ1n) is 6.11. The second-order valence-corrected chi connectivity index (χ2v) is 5.34. The van der Waals surface area contributed by atoms with Crippen LogP contribution in [-0.4, -0.2) is 9.55 Å². The Morgan fingerprint density at radius 3 is 3.06 bits per heavy atom. The first-order chi connectivity index (χ1) is 8.76. The molecule has 2 rings (SSSR count). The summed E-state index contributed by atoms with van der Waals surface area (Å²) in [6.45, 7) is 2.23. The van der Waals surface area contributed by atoms with E-state index in [1.165, 1.54) is 28.6 Å². The second kappa shape index (κ2) is 5.78. The number of nitriles is 1. The molecule has 2 aromatic heterocycles. The van der Waals surface area contributed by atoms with E-state index in [4.69, 9.17) is 5.26 Å². The summed E-state index contributed by atoms with van der Waals surface area (Å²) >= 11 is 1.58. The molecule has 5 heteroatoms. The van der Waals surface area contributed by atoms with Gasteiger partial charge in [0.25, 0.3) is 5.56 Å². The van der Waals surface area contributed by atoms with Crippen molar-refractivity contribution in [3.05, 3.63) is 27.6 Å². The Morgan fingerprint density at radius 1 is 1.50 bits per heavy atom. The van der Waals surface area contributed by atoms with Gasteiger partial charge >= 0.3 is 0 Å². The summed E-state index contributed by atoms with van der Waals surface area (Å²) in [5, 5.41) is 9.27. The van der Waals surface area contributed by atoms with E-state index in [0.717, 1.165) is 17.7 Å². The predicted octanol–water partition coefficient (Wildman–Crippen LogP) is 2.71. The predicted molar refractivity (Wildman–Crippen MR) is 72.7 cm³/mol. The number of hydrogen-bond donors (Lipinski definition) is 0. The molecule has 2 heterocycles. The molecule has 0 saturated carbocycles. The number of hydrogen-bond acceptors (Lipinski definition) is 4. The number of unbranched alkanes of at least 4 members (excludes halogenated alkanes) is 2. The highest BCUT2D eigenvalue weighted by Crippen LogP contribution is 2.22. The van der Waals surface area contributed by atoms with Gasteiger partial charge in [0.2, 0.25) is 0 Å². The maximum Gasteiger partial charge on any atom is 0.263 e. The smallest absolute Gasteiger partial charge is 0.263 e. The summed E-state index contributed by atoms with van der Waals surface area (Å²) in [5.41, 5.74) is -0.112. The first kappa shape index (κ1) is 12.8. The van der Waals surface area contributed by atoms with Gasteiger partial charge in [-0.1, -0.05) is 19.8 Å². The topological polar surface area (TPSA) is 58.7 Å². The lowest BCUT2D eigenvalue weighted by Crippen LogP contribution is -2.19. The Bertz CT molecular complexity index is 636. The fourth-order valence-corrected chi connectivity index (χ4v) is 2.90. The normalized spacial score (nSPS) is 10.7. The van der Waals surface area contributed by atoms with Crippen LogP contribution in [-0.2, 0) is 13.0 Å². The second-order valence-electron chi connectivity index (χ2n) is 4.22. The third kappa shape index (κ3) is 2.59. The molecule has 4 nitrogen and oxygen atoms in total. The van der Waals surface area contributed by atoms with Crippen LogP contribution < -0.4 is 5.56 Å². The molecular weight excluding hydrogens is 246 g/mol. The molecule has 0 unspecified atom stereocenters. The molecule has 0 aliphatic heterocycles. The van der Waals surface area contributed by atoms with E-state index >= 15 is 0 Å². The van der Waals surface area contributed by atoms with Crippen molar-refractivity contribution in [1.29, 1.82) is 5.26 Å². The van der Waals surface area contributed by atoms with E-state index in [2.05, 4.69) is 11.9 Å². The largest absolute Gasteiger partial charge is 0.285 e. The van der Waals surface area contributed by atoms with Crippen LogP contribution in [0.5, 0.6) is 0 Å². The number of thiophene rings is 1. The van der Waals surface area contributed by atoms with E-state index in [9.17, 15) is 4.79 Å². The highest BCUT2D eigenvalue weighted by molar-refractivity contribution is 7.18. The van der Waals surface area contributed by atoms with Gasteiger partial charge in [0.05, 0.1) is 11.5 Å². The lowest BCUT2D eigenvalue weighted by molar-refractivity contribution is 0.723. The molecule has 0 radical (unpaired) electrons. The molecule has 0 aliphatic carbocycles. The summed E-state index contributed by atoms with van der Waals surface area (Å²) < 4.78 is 1.35. The summed E-state index contributed by atoms with van der Waals surface area (Å²) in [6, 6.07) is 3.89. The molecule has 0 aliphatic rings. The summed E-state index contributed by atoms with van der Waals surface area (Å²) in [4.78, 5) is 18.3. The van der Waals surface area contributed by atoms with Crippen molar-refractivity contribution >= 4 is 21.6 Å². The molecule has 0 atom stereocenters. The molecule has 0 spiro atoms. The molecule has 2 aromatic rings. The lowest BCUT2D eigenvalue weighted by Gasteiger charge is -1.96. The minimum absolute atomic E-state index is 0.0583. The van der Waals surface area contributed by atoms with E-state index in [1.54, 1.807) is 11.3 Å². The third-order valence-electron chi connectivity index (χ3n) is 2.84. The van der Waals surface area contributed by atoms with Crippen molar-refractivity contribution in [3.63, 3.8) is 0 Å². The first-order valence-corrected chi connectivity index (χ1v) is 6.92. The average Bonchev–Trinajstić information content (AvgIpc) is 2.77. The Hall–Kier alpha value is -1.67. The Kier molecular flexibility index (Phi) is 4.11. The number of aryl methyl sites for hydroxylation is 1. The molecule has 0 amide bonds. The van der Waals surface area contributed by atoms with Gasteiger partial charge in [-0.15, -0.1) is 11.3 Å². The maximum absolute atomic E-state index is 12.0. The zero-order valence-corrected chi connectivity index (χ0v) is 11.2. The zero-order chi connectivity index (χ0) is 13.0. The van der Waals surface area contributed by atoms with Gasteiger partial charge in [0, 0.05) is 4.88 Å². The molecule has 0 aromatic carbocycles. The maximum atomic E-state index is 12.0. The Balaban J connectivity index is 2.31. The van der Waals surface area contributed by atoms with Gasteiger partial charge in [-0.25, -0.2) is 4.98 Å². The van der Waals surface area contributed by atoms with Gasteiger partial charge in [-0.3, -0.25) is 9.36 Å². The number of aromatic nitrogens is 2. The van der Waals surface area contributed by atoms with Gasteiger partial charge in [-0.05, 0) is 18.9 Å². The molecule has 0 saturated heterocycles. The molecule has 0 bridgehead atoms. The van der Waals surface area contributed by atoms with Crippen molar-refractivity contribution in [2.24, 2.45) is 0 Å². The monoisotopic (exact) mass is 261 g/mol. The molecular formula is C13H15N3OS. The lowest BCUT2D eigenvalue weighted by atomic mass is 10.2. The van der Waals surface area contributed by atoms with Crippen LogP contribution in [0.2, 0.25) is 0 Å². The van der Waals surface area contributed by atoms with E-state index in [-0.39, 0.29) is 12.1 Å². The van der Waals surface area contributed by atoms with Crippen molar-refractivity contribution in [1.82, 2.24) is 9.55 Å². The van der Waals surface area contributed by atoms with Gasteiger partial charge in [0.1, 0.15) is 17.7 Å². The van der Waals surface area contributed by atoms with Crippen LogP contribution in [0.3, 0.4) is 0 Å². The molecule has 94 valence electrons. The van der Waals surface area contributed by atoms with Crippen molar-refractivity contribution in [2.45, 2.75) is 39.2 Å². The van der Waals surface area contributed by atoms with Gasteiger partial charge < -0.3 is 0 Å². The van der Waals surface area contributed by atoms with E-state index < -0.39 is 0 Å². The van der Waals surface area contributed by atoms with Crippen LogP contribution in [0, 0.1) is 11.3 Å². The fraction of sp³-hybridized carbons (Fsp3) is 0.462. The van der Waals surface area contributed by atoms with Crippen LogP contribution in [0.1, 0.15) is 31.1 Å². The SMILES string of the molecule is CCCCCc1cc2c(=O)n(CC#N)cnc2s1. The number of nitrogens with zero attached hydrogens (tertiary/aromatic N) is 3. The van der Waals surface area contributed by atoms with Crippen LogP contribution in [0.15, 0.2) is 17.2 Å². The minimum atomic E-state index is -0.112. The zero-order valence-electron chi connectivity index (χ0n) is 10.3. The van der Waals surface area contributed by atoms with Crippen LogP contribution in [0.25, 0.3) is 10.2 Å². The third-order valence-corrected chi connectivity index (χ3v) is 3.94. The van der Waals surface area contributed by atoms with E-state index in [1.807, 2.05) is 12.1 Å². The van der Waals surface area contributed by atoms with Crippen LogP contribution >= 0.6 is 11.3 Å². The standard InChI is InChI=1S/C13H15N3OS/c1-2-3-4-5-10-8-11-12(18-10)15-9-16(7-6-14)13(11)17/h8-9H,2-5,7H2,1H3. The summed E-state index contributed by atoms with van der Waals surface area (Å²) in [5.74, 6) is 0. The number of fused-ring (bicyclic) bond motifs is 1. The van der Waals surface area contributed by atoms with E-state index in [0.29, 0.717) is 5.39 Å².